The normalized spacial score (nSPS) is 39.1. The van der Waals surface area contributed by atoms with Gasteiger partial charge in [-0.15, -0.1) is 6.58 Å². The van der Waals surface area contributed by atoms with Crippen molar-refractivity contribution in [1.82, 2.24) is 4.90 Å². The number of aliphatic hydroxyl groups excluding tert-OH is 1. The van der Waals surface area contributed by atoms with Gasteiger partial charge in [-0.05, 0) is 32.2 Å². The zero-order valence-corrected chi connectivity index (χ0v) is 8.86. The largest absolute Gasteiger partial charge is 0.393 e. The molecule has 0 aromatic carbocycles. The van der Waals surface area contributed by atoms with E-state index < -0.39 is 0 Å². The van der Waals surface area contributed by atoms with Gasteiger partial charge >= 0.3 is 0 Å². The van der Waals surface area contributed by atoms with Crippen molar-refractivity contribution in [2.24, 2.45) is 5.92 Å². The van der Waals surface area contributed by atoms with Crippen molar-refractivity contribution in [3.63, 3.8) is 0 Å². The summed E-state index contributed by atoms with van der Waals surface area (Å²) in [5.41, 5.74) is 0. The fourth-order valence-electron chi connectivity index (χ4n) is 3.15. The molecule has 2 nitrogen and oxygen atoms in total. The zero-order chi connectivity index (χ0) is 9.97. The summed E-state index contributed by atoms with van der Waals surface area (Å²) in [7, 11) is 0. The van der Waals surface area contributed by atoms with Crippen LogP contribution in [0.1, 0.15) is 32.1 Å². The highest BCUT2D eigenvalue weighted by Crippen LogP contribution is 2.35. The second-order valence-corrected chi connectivity index (χ2v) is 4.66. The first kappa shape index (κ1) is 10.2. The minimum atomic E-state index is -0.0367. The monoisotopic (exact) mass is 195 g/mol. The average molecular weight is 195 g/mol. The molecule has 3 atom stereocenters. The van der Waals surface area contributed by atoms with Crippen LogP contribution in [-0.4, -0.2) is 35.2 Å². The quantitative estimate of drug-likeness (QED) is 0.694. The molecule has 14 heavy (non-hydrogen) atoms. The Morgan fingerprint density at radius 3 is 2.79 bits per heavy atom. The van der Waals surface area contributed by atoms with E-state index in [4.69, 9.17) is 0 Å². The smallest absolute Gasteiger partial charge is 0.0583 e. The molecule has 1 aliphatic heterocycles. The zero-order valence-electron chi connectivity index (χ0n) is 8.86. The summed E-state index contributed by atoms with van der Waals surface area (Å²) in [6, 6.07) is 0.630. The number of nitrogens with zero attached hydrogens (tertiary/aromatic N) is 1. The topological polar surface area (TPSA) is 23.5 Å². The Morgan fingerprint density at radius 2 is 2.14 bits per heavy atom. The molecular formula is C12H21NO. The van der Waals surface area contributed by atoms with Crippen LogP contribution in [0.15, 0.2) is 12.7 Å². The van der Waals surface area contributed by atoms with Crippen LogP contribution in [-0.2, 0) is 0 Å². The molecule has 0 aromatic rings. The van der Waals surface area contributed by atoms with E-state index in [1.54, 1.807) is 0 Å². The molecule has 0 radical (unpaired) electrons. The third kappa shape index (κ3) is 1.86. The van der Waals surface area contributed by atoms with Crippen molar-refractivity contribution in [2.75, 3.05) is 13.1 Å². The van der Waals surface area contributed by atoms with Gasteiger partial charge in [0, 0.05) is 18.5 Å². The molecule has 1 saturated heterocycles. The van der Waals surface area contributed by atoms with E-state index >= 15 is 0 Å². The van der Waals surface area contributed by atoms with Crippen LogP contribution in [0.25, 0.3) is 0 Å². The molecule has 2 fully saturated rings. The van der Waals surface area contributed by atoms with Gasteiger partial charge in [0.2, 0.25) is 0 Å². The molecule has 1 N–H and O–H groups in total. The summed E-state index contributed by atoms with van der Waals surface area (Å²) in [4.78, 5) is 2.49. The van der Waals surface area contributed by atoms with Crippen molar-refractivity contribution < 1.29 is 5.11 Å². The van der Waals surface area contributed by atoms with Crippen LogP contribution < -0.4 is 0 Å². The lowest BCUT2D eigenvalue weighted by Gasteiger charge is -2.30. The van der Waals surface area contributed by atoms with Gasteiger partial charge in [-0.1, -0.05) is 12.5 Å². The third-order valence-corrected chi connectivity index (χ3v) is 3.80. The predicted molar refractivity (Wildman–Crippen MR) is 58.1 cm³/mol. The second kappa shape index (κ2) is 4.45. The number of rotatable bonds is 3. The highest BCUT2D eigenvalue weighted by Gasteiger charge is 2.37. The molecule has 1 heterocycles. The van der Waals surface area contributed by atoms with Crippen LogP contribution >= 0.6 is 0 Å². The van der Waals surface area contributed by atoms with Crippen LogP contribution in [0.3, 0.4) is 0 Å². The molecule has 0 amide bonds. The second-order valence-electron chi connectivity index (χ2n) is 4.66. The van der Waals surface area contributed by atoms with Crippen LogP contribution in [0.5, 0.6) is 0 Å². The Balaban J connectivity index is 1.97. The van der Waals surface area contributed by atoms with Gasteiger partial charge in [0.15, 0.2) is 0 Å². The fraction of sp³-hybridized carbons (Fsp3) is 0.833. The Bertz CT molecular complexity index is 204. The molecule has 1 aliphatic carbocycles. The van der Waals surface area contributed by atoms with Crippen molar-refractivity contribution in [1.29, 1.82) is 0 Å². The number of hydrogen-bond acceptors (Lipinski definition) is 2. The van der Waals surface area contributed by atoms with E-state index in [1.807, 2.05) is 6.08 Å². The van der Waals surface area contributed by atoms with Crippen LogP contribution in [0.4, 0.5) is 0 Å². The van der Waals surface area contributed by atoms with E-state index in [0.717, 1.165) is 13.0 Å². The van der Waals surface area contributed by atoms with Crippen LogP contribution in [0, 0.1) is 5.92 Å². The van der Waals surface area contributed by atoms with Gasteiger partial charge in [0.1, 0.15) is 0 Å². The molecule has 1 saturated carbocycles. The van der Waals surface area contributed by atoms with Gasteiger partial charge in [0.25, 0.3) is 0 Å². The summed E-state index contributed by atoms with van der Waals surface area (Å²) in [5, 5.41) is 9.88. The van der Waals surface area contributed by atoms with Crippen LogP contribution in [0.2, 0.25) is 0 Å². The molecule has 80 valence electrons. The maximum atomic E-state index is 9.88. The Hall–Kier alpha value is -0.340. The maximum absolute atomic E-state index is 9.88. The molecule has 3 unspecified atom stereocenters. The lowest BCUT2D eigenvalue weighted by molar-refractivity contribution is 0.0790. The van der Waals surface area contributed by atoms with E-state index in [1.165, 1.54) is 32.2 Å². The Kier molecular flexibility index (Phi) is 3.24. The molecule has 0 spiro atoms. The molecule has 2 rings (SSSR count). The van der Waals surface area contributed by atoms with Crippen molar-refractivity contribution >= 4 is 0 Å². The summed E-state index contributed by atoms with van der Waals surface area (Å²) in [6.07, 6.45) is 7.97. The minimum absolute atomic E-state index is 0.0367. The number of hydrogen-bond donors (Lipinski definition) is 1. The minimum Gasteiger partial charge on any atom is -0.393 e. The molecule has 0 bridgehead atoms. The first-order chi connectivity index (χ1) is 6.83. The number of aliphatic hydroxyl groups is 1. The third-order valence-electron chi connectivity index (χ3n) is 3.80. The maximum Gasteiger partial charge on any atom is 0.0583 e. The Labute approximate surface area is 86.6 Å². The number of likely N-dealkylation sites (tertiary alicyclic amines) is 1. The Morgan fingerprint density at radius 1 is 1.29 bits per heavy atom. The lowest BCUT2D eigenvalue weighted by atomic mass is 9.94. The van der Waals surface area contributed by atoms with E-state index in [0.29, 0.717) is 12.0 Å². The summed E-state index contributed by atoms with van der Waals surface area (Å²) in [5.74, 6) is 0.539. The van der Waals surface area contributed by atoms with E-state index in [9.17, 15) is 5.11 Å². The molecule has 2 heteroatoms. The first-order valence-corrected chi connectivity index (χ1v) is 5.86. The van der Waals surface area contributed by atoms with E-state index in [2.05, 4.69) is 11.5 Å². The van der Waals surface area contributed by atoms with Gasteiger partial charge < -0.3 is 5.11 Å². The highest BCUT2D eigenvalue weighted by atomic mass is 16.3. The average Bonchev–Trinajstić information content (AvgIpc) is 2.74. The lowest BCUT2D eigenvalue weighted by Crippen LogP contribution is -2.38. The summed E-state index contributed by atoms with van der Waals surface area (Å²) >= 11 is 0. The summed E-state index contributed by atoms with van der Waals surface area (Å²) < 4.78 is 0. The molecule has 0 aromatic heterocycles. The van der Waals surface area contributed by atoms with E-state index in [-0.39, 0.29) is 6.10 Å². The SMILES string of the molecule is C=CCN1CCCC1C1CCCC1O. The van der Waals surface area contributed by atoms with Crippen molar-refractivity contribution in [3.8, 4) is 0 Å². The van der Waals surface area contributed by atoms with Gasteiger partial charge in [0.05, 0.1) is 6.10 Å². The summed E-state index contributed by atoms with van der Waals surface area (Å²) in [6.45, 7) is 5.99. The van der Waals surface area contributed by atoms with Crippen molar-refractivity contribution in [3.05, 3.63) is 12.7 Å². The van der Waals surface area contributed by atoms with Gasteiger partial charge in [-0.3, -0.25) is 4.90 Å². The van der Waals surface area contributed by atoms with Gasteiger partial charge in [-0.2, -0.15) is 0 Å². The van der Waals surface area contributed by atoms with Crippen molar-refractivity contribution in [2.45, 2.75) is 44.2 Å². The predicted octanol–water partition coefficient (Wildman–Crippen LogP) is 1.80. The molecular weight excluding hydrogens is 174 g/mol. The fourth-order valence-corrected chi connectivity index (χ4v) is 3.15. The molecule has 2 aliphatic rings. The standard InChI is InChI=1S/C12H21NO/c1-2-8-13-9-4-6-11(13)10-5-3-7-12(10)14/h2,10-12,14H,1,3-9H2. The van der Waals surface area contributed by atoms with Gasteiger partial charge in [-0.25, -0.2) is 0 Å². The highest BCUT2D eigenvalue weighted by molar-refractivity contribution is 4.93. The first-order valence-electron chi connectivity index (χ1n) is 5.86.